The van der Waals surface area contributed by atoms with E-state index in [4.69, 9.17) is 0 Å². The number of hydrogen-bond acceptors (Lipinski definition) is 3. The number of aromatic nitrogens is 2. The van der Waals surface area contributed by atoms with Gasteiger partial charge in [0.15, 0.2) is 0 Å². The van der Waals surface area contributed by atoms with Crippen LogP contribution in [0.25, 0.3) is 0 Å². The molecule has 1 amide bonds. The van der Waals surface area contributed by atoms with Crippen LogP contribution < -0.4 is 5.32 Å². The fraction of sp³-hybridized carbons (Fsp3) is 0.667. The Labute approximate surface area is 101 Å². The minimum absolute atomic E-state index is 0.0233. The van der Waals surface area contributed by atoms with Crippen molar-refractivity contribution in [3.05, 3.63) is 11.8 Å². The maximum atomic E-state index is 12.0. The van der Waals surface area contributed by atoms with Crippen LogP contribution in [0.3, 0.4) is 0 Å². The first-order chi connectivity index (χ1) is 8.18. The van der Waals surface area contributed by atoms with Gasteiger partial charge >= 0.3 is 0 Å². The molecule has 1 aliphatic heterocycles. The molecule has 0 bridgehead atoms. The molecule has 5 heteroatoms. The quantitative estimate of drug-likeness (QED) is 0.798. The van der Waals surface area contributed by atoms with E-state index in [1.165, 1.54) is 19.3 Å². The van der Waals surface area contributed by atoms with E-state index < -0.39 is 0 Å². The SMILES string of the molecule is CN(C)C(=O)c1cnn2c1NCC1CCCC12. The molecule has 1 fully saturated rings. The second-order valence-corrected chi connectivity index (χ2v) is 5.19. The Balaban J connectivity index is 1.98. The Bertz CT molecular complexity index is 451. The molecule has 1 aliphatic carbocycles. The van der Waals surface area contributed by atoms with Crippen LogP contribution in [-0.2, 0) is 0 Å². The average Bonchev–Trinajstić information content (AvgIpc) is 2.92. The van der Waals surface area contributed by atoms with Crippen LogP contribution in [0, 0.1) is 5.92 Å². The van der Waals surface area contributed by atoms with Gasteiger partial charge in [-0.25, -0.2) is 4.68 Å². The van der Waals surface area contributed by atoms with E-state index in [9.17, 15) is 4.79 Å². The highest BCUT2D eigenvalue weighted by atomic mass is 16.2. The van der Waals surface area contributed by atoms with Gasteiger partial charge in [-0.3, -0.25) is 4.79 Å². The van der Waals surface area contributed by atoms with E-state index in [0.717, 1.165) is 12.4 Å². The van der Waals surface area contributed by atoms with Crippen molar-refractivity contribution in [3.63, 3.8) is 0 Å². The van der Waals surface area contributed by atoms with Gasteiger partial charge in [0.25, 0.3) is 5.91 Å². The molecule has 0 saturated heterocycles. The molecule has 0 aromatic carbocycles. The monoisotopic (exact) mass is 234 g/mol. The van der Waals surface area contributed by atoms with E-state index in [0.29, 0.717) is 17.5 Å². The van der Waals surface area contributed by atoms with Crippen molar-refractivity contribution < 1.29 is 4.79 Å². The first-order valence-electron chi connectivity index (χ1n) is 6.21. The Kier molecular flexibility index (Phi) is 2.34. The molecule has 3 rings (SSSR count). The van der Waals surface area contributed by atoms with E-state index in [1.807, 2.05) is 4.68 Å². The lowest BCUT2D eigenvalue weighted by molar-refractivity contribution is 0.0828. The first kappa shape index (κ1) is 10.6. The van der Waals surface area contributed by atoms with Crippen molar-refractivity contribution in [2.75, 3.05) is 26.0 Å². The minimum atomic E-state index is 0.0233. The second kappa shape index (κ2) is 3.75. The molecule has 2 unspecified atom stereocenters. The summed E-state index contributed by atoms with van der Waals surface area (Å²) < 4.78 is 2.03. The number of nitrogens with zero attached hydrogens (tertiary/aromatic N) is 3. The molecule has 0 radical (unpaired) electrons. The molecule has 1 saturated carbocycles. The minimum Gasteiger partial charge on any atom is -0.369 e. The normalized spacial score (nSPS) is 26.0. The summed E-state index contributed by atoms with van der Waals surface area (Å²) >= 11 is 0. The summed E-state index contributed by atoms with van der Waals surface area (Å²) in [7, 11) is 3.54. The van der Waals surface area contributed by atoms with Crippen molar-refractivity contribution in [2.45, 2.75) is 25.3 Å². The third-order valence-corrected chi connectivity index (χ3v) is 3.90. The summed E-state index contributed by atoms with van der Waals surface area (Å²) in [5.74, 6) is 1.62. The zero-order valence-corrected chi connectivity index (χ0v) is 10.3. The number of anilines is 1. The number of carbonyl (C=O) groups excluding carboxylic acids is 1. The number of amides is 1. The molecular weight excluding hydrogens is 216 g/mol. The molecule has 2 atom stereocenters. The van der Waals surface area contributed by atoms with Crippen molar-refractivity contribution >= 4 is 11.7 Å². The van der Waals surface area contributed by atoms with Crippen LogP contribution in [0.2, 0.25) is 0 Å². The Morgan fingerprint density at radius 2 is 2.35 bits per heavy atom. The van der Waals surface area contributed by atoms with Crippen LogP contribution in [0.1, 0.15) is 35.7 Å². The molecule has 2 heterocycles. The van der Waals surface area contributed by atoms with Gasteiger partial charge in [-0.05, 0) is 18.8 Å². The number of carbonyl (C=O) groups is 1. The fourth-order valence-corrected chi connectivity index (χ4v) is 2.99. The maximum absolute atomic E-state index is 12.0. The number of rotatable bonds is 1. The van der Waals surface area contributed by atoms with Gasteiger partial charge in [-0.15, -0.1) is 0 Å². The van der Waals surface area contributed by atoms with Gasteiger partial charge in [0.2, 0.25) is 0 Å². The number of hydrogen-bond donors (Lipinski definition) is 1. The Hall–Kier alpha value is -1.52. The summed E-state index contributed by atoms with van der Waals surface area (Å²) in [6.45, 7) is 0.976. The number of fused-ring (bicyclic) bond motifs is 3. The molecule has 92 valence electrons. The van der Waals surface area contributed by atoms with Crippen LogP contribution in [0.5, 0.6) is 0 Å². The highest BCUT2D eigenvalue weighted by Crippen LogP contribution is 2.41. The average molecular weight is 234 g/mol. The summed E-state index contributed by atoms with van der Waals surface area (Å²) in [4.78, 5) is 13.6. The summed E-state index contributed by atoms with van der Waals surface area (Å²) in [6, 6.07) is 0.495. The van der Waals surface area contributed by atoms with Gasteiger partial charge in [-0.2, -0.15) is 5.10 Å². The van der Waals surface area contributed by atoms with E-state index in [-0.39, 0.29) is 5.91 Å². The summed E-state index contributed by atoms with van der Waals surface area (Å²) in [5, 5.41) is 7.78. The molecule has 0 spiro atoms. The zero-order chi connectivity index (χ0) is 12.0. The van der Waals surface area contributed by atoms with Crippen molar-refractivity contribution in [1.29, 1.82) is 0 Å². The molecule has 2 aliphatic rings. The van der Waals surface area contributed by atoms with E-state index in [1.54, 1.807) is 25.2 Å². The lowest BCUT2D eigenvalue weighted by Crippen LogP contribution is -2.31. The predicted molar refractivity (Wildman–Crippen MR) is 65.1 cm³/mol. The van der Waals surface area contributed by atoms with Gasteiger partial charge in [0.05, 0.1) is 12.2 Å². The van der Waals surface area contributed by atoms with Crippen LogP contribution in [-0.4, -0.2) is 41.2 Å². The molecule has 17 heavy (non-hydrogen) atoms. The third kappa shape index (κ3) is 1.52. The third-order valence-electron chi connectivity index (χ3n) is 3.90. The van der Waals surface area contributed by atoms with Crippen LogP contribution in [0.15, 0.2) is 6.20 Å². The predicted octanol–water partition coefficient (Wildman–Crippen LogP) is 1.35. The van der Waals surface area contributed by atoms with Crippen LogP contribution in [0.4, 0.5) is 5.82 Å². The molecule has 1 N–H and O–H groups in total. The molecule has 1 aromatic heterocycles. The Morgan fingerprint density at radius 3 is 3.12 bits per heavy atom. The number of nitrogens with one attached hydrogen (secondary N) is 1. The smallest absolute Gasteiger partial charge is 0.258 e. The topological polar surface area (TPSA) is 50.2 Å². The lowest BCUT2D eigenvalue weighted by atomic mass is 10.0. The second-order valence-electron chi connectivity index (χ2n) is 5.19. The molecule has 1 aromatic rings. The highest BCUT2D eigenvalue weighted by Gasteiger charge is 2.36. The molecule has 5 nitrogen and oxygen atoms in total. The van der Waals surface area contributed by atoms with Crippen molar-refractivity contribution in [3.8, 4) is 0 Å². The molecular formula is C12H18N4O. The summed E-state index contributed by atoms with van der Waals surface area (Å²) in [5.41, 5.74) is 0.695. The van der Waals surface area contributed by atoms with Gasteiger partial charge < -0.3 is 10.2 Å². The standard InChI is InChI=1S/C12H18N4O/c1-15(2)12(17)9-7-14-16-10-5-3-4-8(10)6-13-11(9)16/h7-8,10,13H,3-6H2,1-2H3. The zero-order valence-electron chi connectivity index (χ0n) is 10.3. The van der Waals surface area contributed by atoms with Gasteiger partial charge in [0.1, 0.15) is 11.4 Å². The maximum Gasteiger partial charge on any atom is 0.258 e. The first-order valence-corrected chi connectivity index (χ1v) is 6.21. The van der Waals surface area contributed by atoms with Crippen molar-refractivity contribution in [1.82, 2.24) is 14.7 Å². The van der Waals surface area contributed by atoms with Gasteiger partial charge in [-0.1, -0.05) is 6.42 Å². The van der Waals surface area contributed by atoms with Gasteiger partial charge in [0, 0.05) is 20.6 Å². The summed E-state index contributed by atoms with van der Waals surface area (Å²) in [6.07, 6.45) is 5.43. The fourth-order valence-electron chi connectivity index (χ4n) is 2.99. The van der Waals surface area contributed by atoms with E-state index >= 15 is 0 Å². The Morgan fingerprint density at radius 1 is 1.53 bits per heavy atom. The highest BCUT2D eigenvalue weighted by molar-refractivity contribution is 5.98. The van der Waals surface area contributed by atoms with Crippen LogP contribution >= 0.6 is 0 Å². The largest absolute Gasteiger partial charge is 0.369 e. The van der Waals surface area contributed by atoms with Crippen molar-refractivity contribution in [2.24, 2.45) is 5.92 Å². The van der Waals surface area contributed by atoms with E-state index in [2.05, 4.69) is 10.4 Å². The lowest BCUT2D eigenvalue weighted by Gasteiger charge is -2.29.